The highest BCUT2D eigenvalue weighted by atomic mass is 32.2. The Hall–Kier alpha value is -0.980. The van der Waals surface area contributed by atoms with Crippen molar-refractivity contribution in [3.05, 3.63) is 35.6 Å². The van der Waals surface area contributed by atoms with E-state index in [0.717, 1.165) is 12.8 Å². The zero-order valence-corrected chi connectivity index (χ0v) is 11.7. The first-order valence-electron chi connectivity index (χ1n) is 6.44. The van der Waals surface area contributed by atoms with E-state index in [-0.39, 0.29) is 6.54 Å². The van der Waals surface area contributed by atoms with Crippen LogP contribution in [0.5, 0.6) is 0 Å². The fraction of sp³-hybridized carbons (Fsp3) is 0.538. The minimum atomic E-state index is -3.42. The van der Waals surface area contributed by atoms with Crippen LogP contribution in [-0.4, -0.2) is 26.3 Å². The van der Waals surface area contributed by atoms with Gasteiger partial charge in [0.25, 0.3) is 0 Å². The second-order valence-electron chi connectivity index (χ2n) is 4.95. The summed E-state index contributed by atoms with van der Waals surface area (Å²) in [6.07, 6.45) is 2.24. The summed E-state index contributed by atoms with van der Waals surface area (Å²) >= 11 is 0. The van der Waals surface area contributed by atoms with E-state index in [2.05, 4.69) is 10.0 Å². The van der Waals surface area contributed by atoms with Crippen molar-refractivity contribution < 1.29 is 12.8 Å². The van der Waals surface area contributed by atoms with E-state index in [4.69, 9.17) is 0 Å². The lowest BCUT2D eigenvalue weighted by Crippen LogP contribution is -2.39. The molecule has 1 aromatic rings. The van der Waals surface area contributed by atoms with Crippen molar-refractivity contribution in [1.29, 1.82) is 0 Å². The van der Waals surface area contributed by atoms with Gasteiger partial charge >= 0.3 is 0 Å². The number of hydrogen-bond acceptors (Lipinski definition) is 3. The van der Waals surface area contributed by atoms with Crippen molar-refractivity contribution >= 4 is 10.0 Å². The maximum absolute atomic E-state index is 13.4. The first-order valence-corrected chi connectivity index (χ1v) is 7.99. The predicted octanol–water partition coefficient (Wildman–Crippen LogP) is 1.39. The third-order valence-corrected chi connectivity index (χ3v) is 5.00. The largest absolute Gasteiger partial charge is 0.313 e. The molecule has 1 atom stereocenters. The van der Waals surface area contributed by atoms with Crippen molar-refractivity contribution in [1.82, 2.24) is 10.0 Å². The zero-order valence-electron chi connectivity index (χ0n) is 10.9. The maximum Gasteiger partial charge on any atom is 0.215 e. The van der Waals surface area contributed by atoms with Crippen LogP contribution < -0.4 is 10.0 Å². The van der Waals surface area contributed by atoms with E-state index in [0.29, 0.717) is 18.2 Å². The molecule has 2 rings (SSSR count). The summed E-state index contributed by atoms with van der Waals surface area (Å²) in [5.74, 6) is -0.394. The number of halogens is 1. The smallest absolute Gasteiger partial charge is 0.215 e. The molecule has 1 saturated carbocycles. The Morgan fingerprint density at radius 3 is 2.68 bits per heavy atom. The number of nitrogens with one attached hydrogen (secondary N) is 2. The Balaban J connectivity index is 1.87. The van der Waals surface area contributed by atoms with Gasteiger partial charge < -0.3 is 5.32 Å². The van der Waals surface area contributed by atoms with Crippen molar-refractivity contribution in [3.8, 4) is 0 Å². The molecule has 1 aliphatic carbocycles. The van der Waals surface area contributed by atoms with E-state index < -0.39 is 21.1 Å². The minimum Gasteiger partial charge on any atom is -0.313 e. The number of hydrogen-bond donors (Lipinski definition) is 2. The molecule has 6 heteroatoms. The molecule has 0 spiro atoms. The van der Waals surface area contributed by atoms with E-state index in [1.54, 1.807) is 25.1 Å². The highest BCUT2D eigenvalue weighted by Crippen LogP contribution is 2.18. The molecular weight excluding hydrogens is 267 g/mol. The van der Waals surface area contributed by atoms with E-state index in [1.807, 2.05) is 0 Å². The van der Waals surface area contributed by atoms with Gasteiger partial charge in [-0.3, -0.25) is 0 Å². The lowest BCUT2D eigenvalue weighted by Gasteiger charge is -2.14. The van der Waals surface area contributed by atoms with Gasteiger partial charge in [0.1, 0.15) is 5.82 Å². The highest BCUT2D eigenvalue weighted by molar-refractivity contribution is 7.90. The summed E-state index contributed by atoms with van der Waals surface area (Å²) in [5.41, 5.74) is 0.355. The topological polar surface area (TPSA) is 58.2 Å². The van der Waals surface area contributed by atoms with Crippen LogP contribution in [0.4, 0.5) is 4.39 Å². The van der Waals surface area contributed by atoms with Crippen molar-refractivity contribution in [3.63, 3.8) is 0 Å². The standard InChI is InChI=1S/C13H19FN2O2S/c1-10(8-15-12-6-7-12)19(17,18)16-9-11-4-2-3-5-13(11)14/h2-5,10,12,15-16H,6-9H2,1H3. The van der Waals surface area contributed by atoms with Gasteiger partial charge in [0.05, 0.1) is 5.25 Å². The highest BCUT2D eigenvalue weighted by Gasteiger charge is 2.25. The van der Waals surface area contributed by atoms with Crippen molar-refractivity contribution in [2.24, 2.45) is 0 Å². The Kier molecular flexibility index (Phi) is 4.54. The fourth-order valence-corrected chi connectivity index (χ4v) is 2.65. The second kappa shape index (κ2) is 5.98. The van der Waals surface area contributed by atoms with Crippen LogP contribution in [0.3, 0.4) is 0 Å². The molecule has 1 aromatic carbocycles. The third kappa shape index (κ3) is 4.26. The third-order valence-electron chi connectivity index (χ3n) is 3.22. The summed E-state index contributed by atoms with van der Waals surface area (Å²) in [5, 5.41) is 2.65. The summed E-state index contributed by atoms with van der Waals surface area (Å²) < 4.78 is 39.8. The van der Waals surface area contributed by atoms with Crippen LogP contribution in [0.1, 0.15) is 25.3 Å². The van der Waals surface area contributed by atoms with Gasteiger partial charge in [-0.1, -0.05) is 18.2 Å². The van der Waals surface area contributed by atoms with Gasteiger partial charge in [-0.15, -0.1) is 0 Å². The fourth-order valence-electron chi connectivity index (χ4n) is 1.69. The number of benzene rings is 1. The predicted molar refractivity (Wildman–Crippen MR) is 72.6 cm³/mol. The first-order chi connectivity index (χ1) is 8.99. The van der Waals surface area contributed by atoms with E-state index in [1.165, 1.54) is 6.07 Å². The molecule has 0 aromatic heterocycles. The Bertz CT molecular complexity index is 529. The average Bonchev–Trinajstić information content (AvgIpc) is 3.19. The van der Waals surface area contributed by atoms with Crippen LogP contribution in [0, 0.1) is 5.82 Å². The molecule has 0 amide bonds. The summed E-state index contributed by atoms with van der Waals surface area (Å²) in [7, 11) is -3.42. The van der Waals surface area contributed by atoms with Crippen LogP contribution >= 0.6 is 0 Å². The van der Waals surface area contributed by atoms with Crippen LogP contribution in [-0.2, 0) is 16.6 Å². The molecule has 2 N–H and O–H groups in total. The molecule has 0 heterocycles. The SMILES string of the molecule is CC(CNC1CC1)S(=O)(=O)NCc1ccccc1F. The lowest BCUT2D eigenvalue weighted by molar-refractivity contribution is 0.553. The molecule has 1 unspecified atom stereocenters. The van der Waals surface area contributed by atoms with Gasteiger partial charge in [0.2, 0.25) is 10.0 Å². The van der Waals surface area contributed by atoms with Crippen molar-refractivity contribution in [2.75, 3.05) is 6.54 Å². The Labute approximate surface area is 113 Å². The molecule has 0 radical (unpaired) electrons. The Morgan fingerprint density at radius 1 is 1.37 bits per heavy atom. The number of sulfonamides is 1. The van der Waals surface area contributed by atoms with Crippen LogP contribution in [0.25, 0.3) is 0 Å². The number of rotatable bonds is 7. The van der Waals surface area contributed by atoms with Crippen molar-refractivity contribution in [2.45, 2.75) is 37.6 Å². The first kappa shape index (κ1) is 14.4. The molecule has 106 valence electrons. The molecule has 0 saturated heterocycles. The zero-order chi connectivity index (χ0) is 13.9. The molecule has 1 fully saturated rings. The van der Waals surface area contributed by atoms with Crippen LogP contribution in [0.2, 0.25) is 0 Å². The van der Waals surface area contributed by atoms with E-state index in [9.17, 15) is 12.8 Å². The minimum absolute atomic E-state index is 0.0111. The van der Waals surface area contributed by atoms with Gasteiger partial charge in [-0.25, -0.2) is 17.5 Å². The molecule has 19 heavy (non-hydrogen) atoms. The van der Waals surface area contributed by atoms with E-state index >= 15 is 0 Å². The maximum atomic E-state index is 13.4. The van der Waals surface area contributed by atoms with Crippen LogP contribution in [0.15, 0.2) is 24.3 Å². The summed E-state index contributed by atoms with van der Waals surface area (Å²) in [4.78, 5) is 0. The van der Waals surface area contributed by atoms with Gasteiger partial charge in [0, 0.05) is 24.7 Å². The second-order valence-corrected chi connectivity index (χ2v) is 7.13. The molecule has 0 bridgehead atoms. The monoisotopic (exact) mass is 286 g/mol. The molecular formula is C13H19FN2O2S. The molecule has 0 aliphatic heterocycles. The Morgan fingerprint density at radius 2 is 2.05 bits per heavy atom. The lowest BCUT2D eigenvalue weighted by atomic mass is 10.2. The molecule has 4 nitrogen and oxygen atoms in total. The summed E-state index contributed by atoms with van der Waals surface area (Å²) in [6.45, 7) is 2.07. The summed E-state index contributed by atoms with van der Waals surface area (Å²) in [6, 6.07) is 6.64. The normalized spacial score (nSPS) is 17.4. The van der Waals surface area contributed by atoms with Gasteiger partial charge in [0.15, 0.2) is 0 Å². The van der Waals surface area contributed by atoms with Gasteiger partial charge in [-0.05, 0) is 25.8 Å². The molecule has 1 aliphatic rings. The quantitative estimate of drug-likeness (QED) is 0.796. The average molecular weight is 286 g/mol. The van der Waals surface area contributed by atoms with Gasteiger partial charge in [-0.2, -0.15) is 0 Å².